The topological polar surface area (TPSA) is 67.9 Å². The smallest absolute Gasteiger partial charge is 0.240 e. The highest BCUT2D eigenvalue weighted by Crippen LogP contribution is 2.48. The number of hydrogen-bond acceptors (Lipinski definition) is 5. The normalized spacial score (nSPS) is 18.5. The van der Waals surface area contributed by atoms with Gasteiger partial charge in [0.05, 0.1) is 19.1 Å². The Morgan fingerprint density at radius 2 is 1.93 bits per heavy atom. The Morgan fingerprint density at radius 3 is 2.66 bits per heavy atom. The van der Waals surface area contributed by atoms with Crippen LogP contribution in [-0.4, -0.2) is 47.2 Å². The van der Waals surface area contributed by atoms with Gasteiger partial charge in [-0.25, -0.2) is 13.1 Å². The van der Waals surface area contributed by atoms with Crippen molar-refractivity contribution in [1.29, 1.82) is 0 Å². The molecule has 0 spiro atoms. The highest BCUT2D eigenvalue weighted by atomic mass is 32.2. The number of rotatable bonds is 8. The third-order valence-electron chi connectivity index (χ3n) is 5.98. The Labute approximate surface area is 172 Å². The van der Waals surface area contributed by atoms with Crippen molar-refractivity contribution in [1.82, 2.24) is 9.62 Å². The summed E-state index contributed by atoms with van der Waals surface area (Å²) in [4.78, 5) is 2.80. The molecule has 2 aliphatic rings. The summed E-state index contributed by atoms with van der Waals surface area (Å²) < 4.78 is 38.6. The Kier molecular flexibility index (Phi) is 5.81. The molecule has 0 saturated heterocycles. The van der Waals surface area contributed by atoms with Gasteiger partial charge >= 0.3 is 0 Å². The minimum Gasteiger partial charge on any atom is -0.493 e. The lowest BCUT2D eigenvalue weighted by molar-refractivity contribution is 0.184. The molecule has 6 nitrogen and oxygen atoms in total. The molecule has 1 aliphatic heterocycles. The first-order valence-electron chi connectivity index (χ1n) is 10.1. The first-order valence-corrected chi connectivity index (χ1v) is 11.6. The van der Waals surface area contributed by atoms with Crippen molar-refractivity contribution >= 4 is 10.0 Å². The summed E-state index contributed by atoms with van der Waals surface area (Å²) in [6.07, 6.45) is 3.82. The van der Waals surface area contributed by atoms with Crippen LogP contribution in [0.2, 0.25) is 0 Å². The summed E-state index contributed by atoms with van der Waals surface area (Å²) >= 11 is 0. The summed E-state index contributed by atoms with van der Waals surface area (Å²) in [5.74, 6) is 1.69. The first kappa shape index (κ1) is 20.2. The standard InChI is InChI=1S/C22H28N2O4S/c1-27-20-15-16-11-14-24(19-10-9-18(21(16)19)22(20)28-2)13-6-12-23-29(25,26)17-7-4-3-5-8-17/h3-5,7-8,15,19,23H,6,9-14H2,1-2H3. The molecule has 0 radical (unpaired) electrons. The van der Waals surface area contributed by atoms with Crippen LogP contribution in [0.25, 0.3) is 0 Å². The van der Waals surface area contributed by atoms with E-state index >= 15 is 0 Å². The molecular weight excluding hydrogens is 388 g/mol. The number of ether oxygens (including phenoxy) is 2. The molecule has 0 bridgehead atoms. The molecule has 0 saturated carbocycles. The summed E-state index contributed by atoms with van der Waals surface area (Å²) in [7, 11) is -0.0449. The third kappa shape index (κ3) is 3.86. The van der Waals surface area contributed by atoms with Crippen molar-refractivity contribution in [3.05, 3.63) is 53.1 Å². The van der Waals surface area contributed by atoms with E-state index in [1.807, 2.05) is 6.07 Å². The van der Waals surface area contributed by atoms with Crippen LogP contribution in [0.1, 0.15) is 35.6 Å². The van der Waals surface area contributed by atoms with Gasteiger partial charge < -0.3 is 9.47 Å². The average molecular weight is 417 g/mol. The van der Waals surface area contributed by atoms with Crippen molar-refractivity contribution in [2.75, 3.05) is 33.9 Å². The number of hydrogen-bond donors (Lipinski definition) is 1. The number of sulfonamides is 1. The van der Waals surface area contributed by atoms with Gasteiger partial charge in [-0.3, -0.25) is 4.90 Å². The van der Waals surface area contributed by atoms with Crippen LogP contribution >= 0.6 is 0 Å². The van der Waals surface area contributed by atoms with Crippen molar-refractivity contribution in [3.63, 3.8) is 0 Å². The van der Waals surface area contributed by atoms with Crippen LogP contribution < -0.4 is 14.2 Å². The predicted molar refractivity (Wildman–Crippen MR) is 112 cm³/mol. The molecule has 4 rings (SSSR count). The zero-order chi connectivity index (χ0) is 20.4. The Morgan fingerprint density at radius 1 is 1.14 bits per heavy atom. The average Bonchev–Trinajstić information content (AvgIpc) is 3.19. The molecule has 0 aromatic heterocycles. The van der Waals surface area contributed by atoms with E-state index in [0.29, 0.717) is 17.5 Å². The quantitative estimate of drug-likeness (QED) is 0.670. The fraction of sp³-hybridized carbons (Fsp3) is 0.455. The van der Waals surface area contributed by atoms with Gasteiger partial charge in [-0.05, 0) is 55.0 Å². The lowest BCUT2D eigenvalue weighted by Gasteiger charge is -2.35. The molecule has 1 heterocycles. The van der Waals surface area contributed by atoms with Gasteiger partial charge in [0, 0.05) is 31.2 Å². The maximum absolute atomic E-state index is 12.4. The van der Waals surface area contributed by atoms with E-state index in [2.05, 4.69) is 15.7 Å². The van der Waals surface area contributed by atoms with Crippen molar-refractivity contribution < 1.29 is 17.9 Å². The van der Waals surface area contributed by atoms with E-state index in [-0.39, 0.29) is 0 Å². The molecule has 0 fully saturated rings. The number of benzene rings is 2. The van der Waals surface area contributed by atoms with Crippen LogP contribution in [0.15, 0.2) is 41.3 Å². The fourth-order valence-corrected chi connectivity index (χ4v) is 5.76. The second-order valence-electron chi connectivity index (χ2n) is 7.57. The van der Waals surface area contributed by atoms with E-state index in [1.165, 1.54) is 16.7 Å². The van der Waals surface area contributed by atoms with Gasteiger partial charge in [-0.1, -0.05) is 18.2 Å². The van der Waals surface area contributed by atoms with Crippen LogP contribution in [-0.2, 0) is 22.9 Å². The highest BCUT2D eigenvalue weighted by Gasteiger charge is 2.36. The van der Waals surface area contributed by atoms with Crippen LogP contribution in [0.5, 0.6) is 11.5 Å². The third-order valence-corrected chi connectivity index (χ3v) is 7.45. The van der Waals surface area contributed by atoms with Gasteiger partial charge in [0.1, 0.15) is 0 Å². The molecule has 156 valence electrons. The lowest BCUT2D eigenvalue weighted by Crippen LogP contribution is -2.36. The Bertz CT molecular complexity index is 976. The second-order valence-corrected chi connectivity index (χ2v) is 9.34. The molecule has 1 unspecified atom stereocenters. The Hall–Kier alpha value is -2.09. The minimum atomic E-state index is -3.44. The Balaban J connectivity index is 1.40. The zero-order valence-corrected chi connectivity index (χ0v) is 17.8. The second kappa shape index (κ2) is 8.34. The molecule has 2 aromatic rings. The lowest BCUT2D eigenvalue weighted by atomic mass is 9.92. The fourth-order valence-electron chi connectivity index (χ4n) is 4.66. The predicted octanol–water partition coefficient (Wildman–Crippen LogP) is 2.92. The van der Waals surface area contributed by atoms with Crippen molar-refractivity contribution in [3.8, 4) is 11.5 Å². The monoisotopic (exact) mass is 416 g/mol. The van der Waals surface area contributed by atoms with E-state index in [0.717, 1.165) is 50.3 Å². The number of methoxy groups -OCH3 is 2. The van der Waals surface area contributed by atoms with Gasteiger partial charge in [-0.15, -0.1) is 0 Å². The van der Waals surface area contributed by atoms with E-state index in [9.17, 15) is 8.42 Å². The van der Waals surface area contributed by atoms with Crippen molar-refractivity contribution in [2.45, 2.75) is 36.6 Å². The van der Waals surface area contributed by atoms with Gasteiger partial charge in [-0.2, -0.15) is 0 Å². The van der Waals surface area contributed by atoms with Gasteiger partial charge in [0.15, 0.2) is 11.5 Å². The van der Waals surface area contributed by atoms with Crippen LogP contribution in [0.3, 0.4) is 0 Å². The van der Waals surface area contributed by atoms with E-state index < -0.39 is 10.0 Å². The highest BCUT2D eigenvalue weighted by molar-refractivity contribution is 7.89. The van der Waals surface area contributed by atoms with Crippen LogP contribution in [0.4, 0.5) is 0 Å². The first-order chi connectivity index (χ1) is 14.0. The minimum absolute atomic E-state index is 0.313. The van der Waals surface area contributed by atoms with E-state index in [4.69, 9.17) is 9.47 Å². The molecule has 1 aliphatic carbocycles. The summed E-state index contributed by atoms with van der Waals surface area (Å²) in [5.41, 5.74) is 4.04. The molecule has 1 N–H and O–H groups in total. The summed E-state index contributed by atoms with van der Waals surface area (Å²) in [6.45, 7) is 2.29. The number of nitrogens with one attached hydrogen (secondary N) is 1. The zero-order valence-electron chi connectivity index (χ0n) is 17.0. The molecule has 29 heavy (non-hydrogen) atoms. The molecule has 7 heteroatoms. The molecule has 2 aromatic carbocycles. The van der Waals surface area contributed by atoms with Gasteiger partial charge in [0.25, 0.3) is 0 Å². The molecule has 0 amide bonds. The number of nitrogens with zero attached hydrogens (tertiary/aromatic N) is 1. The van der Waals surface area contributed by atoms with E-state index in [1.54, 1.807) is 38.5 Å². The maximum atomic E-state index is 12.4. The summed E-state index contributed by atoms with van der Waals surface area (Å²) in [5, 5.41) is 0. The van der Waals surface area contributed by atoms with Crippen molar-refractivity contribution in [2.24, 2.45) is 0 Å². The summed E-state index contributed by atoms with van der Waals surface area (Å²) in [6, 6.07) is 11.0. The van der Waals surface area contributed by atoms with Gasteiger partial charge in [0.2, 0.25) is 10.0 Å². The maximum Gasteiger partial charge on any atom is 0.240 e. The molecule has 1 atom stereocenters. The largest absolute Gasteiger partial charge is 0.493 e. The SMILES string of the molecule is COc1cc2c3c(c1OC)CCC3N(CCCNS(=O)(=O)c1ccccc1)CC2. The van der Waals surface area contributed by atoms with Crippen LogP contribution in [0, 0.1) is 0 Å². The molecular formula is C22H28N2O4S.